The Morgan fingerprint density at radius 1 is 1.24 bits per heavy atom. The Morgan fingerprint density at radius 3 is 2.84 bits per heavy atom. The lowest BCUT2D eigenvalue weighted by Crippen LogP contribution is -2.55. The molecule has 5 heterocycles. The number of fused-ring (bicyclic) bond motifs is 1. The molecule has 0 bridgehead atoms. The minimum absolute atomic E-state index is 0.137. The molecular formula is C28H36N8O2. The molecule has 10 heteroatoms. The number of anilines is 2. The van der Waals surface area contributed by atoms with Crippen molar-refractivity contribution in [3.05, 3.63) is 47.9 Å². The summed E-state index contributed by atoms with van der Waals surface area (Å²) in [7, 11) is 2.13. The van der Waals surface area contributed by atoms with Gasteiger partial charge in [-0.2, -0.15) is 15.2 Å². The third-order valence-electron chi connectivity index (χ3n) is 8.02. The maximum absolute atomic E-state index is 12.4. The molecule has 0 saturated carbocycles. The summed E-state index contributed by atoms with van der Waals surface area (Å²) in [6.45, 7) is 10.5. The number of aromatic nitrogens is 3. The first-order valence-corrected chi connectivity index (χ1v) is 13.4. The Labute approximate surface area is 224 Å². The van der Waals surface area contributed by atoms with E-state index in [9.17, 15) is 10.1 Å². The number of aryl methyl sites for hydroxylation is 1. The average Bonchev–Trinajstić information content (AvgIpc) is 3.35. The number of hydrogen-bond donors (Lipinski definition) is 0. The molecule has 2 atom stereocenters. The van der Waals surface area contributed by atoms with E-state index in [4.69, 9.17) is 14.7 Å². The molecule has 2 fully saturated rings. The third-order valence-corrected chi connectivity index (χ3v) is 8.02. The van der Waals surface area contributed by atoms with Crippen molar-refractivity contribution in [2.45, 2.75) is 51.2 Å². The van der Waals surface area contributed by atoms with E-state index in [0.29, 0.717) is 44.8 Å². The van der Waals surface area contributed by atoms with Gasteiger partial charge in [-0.05, 0) is 57.5 Å². The quantitative estimate of drug-likeness (QED) is 0.513. The highest BCUT2D eigenvalue weighted by Gasteiger charge is 2.33. The van der Waals surface area contributed by atoms with Gasteiger partial charge in [-0.15, -0.1) is 0 Å². The SMILES string of the molecule is C=CC(=O)N1CCN(c2nc(OC[C@@H]3CCCN3C)nc3c2CCN(c2cnccc2C)C3)CC1CC#N. The summed E-state index contributed by atoms with van der Waals surface area (Å²) in [4.78, 5) is 35.2. The van der Waals surface area contributed by atoms with Gasteiger partial charge in [0, 0.05) is 44.0 Å². The van der Waals surface area contributed by atoms with Gasteiger partial charge in [0.05, 0.1) is 42.7 Å². The molecule has 38 heavy (non-hydrogen) atoms. The summed E-state index contributed by atoms with van der Waals surface area (Å²) in [6.07, 6.45) is 8.39. The zero-order valence-corrected chi connectivity index (χ0v) is 22.3. The molecule has 10 nitrogen and oxygen atoms in total. The highest BCUT2D eigenvalue weighted by atomic mass is 16.5. The van der Waals surface area contributed by atoms with E-state index in [1.54, 1.807) is 4.90 Å². The van der Waals surface area contributed by atoms with Crippen LogP contribution in [0.2, 0.25) is 0 Å². The molecule has 3 aliphatic rings. The number of nitrogens with zero attached hydrogens (tertiary/aromatic N) is 8. The first kappa shape index (κ1) is 25.9. The van der Waals surface area contributed by atoms with Gasteiger partial charge in [0.15, 0.2) is 0 Å². The van der Waals surface area contributed by atoms with Crippen molar-refractivity contribution >= 4 is 17.4 Å². The average molecular weight is 517 g/mol. The van der Waals surface area contributed by atoms with Gasteiger partial charge in [-0.25, -0.2) is 0 Å². The second kappa shape index (κ2) is 11.4. The van der Waals surface area contributed by atoms with Crippen LogP contribution in [-0.4, -0.2) is 89.1 Å². The highest BCUT2D eigenvalue weighted by molar-refractivity contribution is 5.87. The van der Waals surface area contributed by atoms with Gasteiger partial charge in [-0.1, -0.05) is 6.58 Å². The van der Waals surface area contributed by atoms with Crippen LogP contribution in [0.25, 0.3) is 0 Å². The normalized spacial score (nSPS) is 21.7. The fraction of sp³-hybridized carbons (Fsp3) is 0.536. The molecular weight excluding hydrogens is 480 g/mol. The number of likely N-dealkylation sites (tertiary alicyclic amines) is 1. The van der Waals surface area contributed by atoms with Crippen molar-refractivity contribution in [3.63, 3.8) is 0 Å². The molecule has 0 radical (unpaired) electrons. The standard InChI is InChI=1S/C28H36N8O2/c1-4-26(37)36-15-14-35(17-21(36)7-10-29)27-23-9-13-34(25-16-30-11-8-20(25)2)18-24(23)31-28(32-27)38-19-22-6-5-12-33(22)3/h4,8,11,16,21-22H,1,5-7,9,12-15,17-19H2,2-3H3/t21?,22-/m0/s1. The Kier molecular flexibility index (Phi) is 7.74. The summed E-state index contributed by atoms with van der Waals surface area (Å²) in [5, 5.41) is 9.45. The minimum Gasteiger partial charge on any atom is -0.462 e. The molecule has 5 rings (SSSR count). The van der Waals surface area contributed by atoms with Gasteiger partial charge in [0.25, 0.3) is 0 Å². The molecule has 1 unspecified atom stereocenters. The predicted molar refractivity (Wildman–Crippen MR) is 145 cm³/mol. The highest BCUT2D eigenvalue weighted by Crippen LogP contribution is 2.33. The van der Waals surface area contributed by atoms with Crippen LogP contribution in [0.4, 0.5) is 11.5 Å². The van der Waals surface area contributed by atoms with Gasteiger partial charge >= 0.3 is 6.01 Å². The molecule has 2 saturated heterocycles. The zero-order valence-electron chi connectivity index (χ0n) is 22.3. The maximum atomic E-state index is 12.4. The maximum Gasteiger partial charge on any atom is 0.318 e. The molecule has 0 N–H and O–H groups in total. The predicted octanol–water partition coefficient (Wildman–Crippen LogP) is 2.33. The largest absolute Gasteiger partial charge is 0.462 e. The number of carbonyl (C=O) groups is 1. The number of ether oxygens (including phenoxy) is 1. The van der Waals surface area contributed by atoms with E-state index in [-0.39, 0.29) is 18.4 Å². The van der Waals surface area contributed by atoms with Gasteiger partial charge < -0.3 is 24.3 Å². The summed E-state index contributed by atoms with van der Waals surface area (Å²) >= 11 is 0. The minimum atomic E-state index is -0.223. The molecule has 1 amide bonds. The lowest BCUT2D eigenvalue weighted by molar-refractivity contribution is -0.128. The number of pyridine rings is 1. The van der Waals surface area contributed by atoms with Crippen LogP contribution in [0.3, 0.4) is 0 Å². The van der Waals surface area contributed by atoms with E-state index in [1.165, 1.54) is 18.1 Å². The number of rotatable bonds is 7. The molecule has 0 aliphatic carbocycles. The van der Waals surface area contributed by atoms with Crippen LogP contribution in [0.15, 0.2) is 31.1 Å². The Hall–Kier alpha value is -3.71. The molecule has 3 aliphatic heterocycles. The lowest BCUT2D eigenvalue weighted by Gasteiger charge is -2.42. The number of hydrogen-bond acceptors (Lipinski definition) is 9. The van der Waals surface area contributed by atoms with E-state index in [1.807, 2.05) is 18.5 Å². The first-order valence-electron chi connectivity index (χ1n) is 13.4. The van der Waals surface area contributed by atoms with Crippen molar-refractivity contribution in [1.82, 2.24) is 24.8 Å². The Balaban J connectivity index is 1.45. The van der Waals surface area contributed by atoms with Crippen LogP contribution in [0, 0.1) is 18.3 Å². The van der Waals surface area contributed by atoms with Crippen molar-refractivity contribution < 1.29 is 9.53 Å². The van der Waals surface area contributed by atoms with Gasteiger partial charge in [0.1, 0.15) is 12.4 Å². The van der Waals surface area contributed by atoms with Crippen molar-refractivity contribution in [3.8, 4) is 12.1 Å². The lowest BCUT2D eigenvalue weighted by atomic mass is 10.0. The molecule has 2 aromatic rings. The second-order valence-electron chi connectivity index (χ2n) is 10.4. The van der Waals surface area contributed by atoms with Crippen LogP contribution in [0.5, 0.6) is 6.01 Å². The smallest absolute Gasteiger partial charge is 0.318 e. The second-order valence-corrected chi connectivity index (χ2v) is 10.4. The number of carbonyl (C=O) groups excluding carboxylic acids is 1. The van der Waals surface area contributed by atoms with Crippen LogP contribution >= 0.6 is 0 Å². The Morgan fingerprint density at radius 2 is 2.11 bits per heavy atom. The van der Waals surface area contributed by atoms with Crippen molar-refractivity contribution in [2.75, 3.05) is 56.2 Å². The fourth-order valence-corrected chi connectivity index (χ4v) is 5.80. The summed E-state index contributed by atoms with van der Waals surface area (Å²) in [5.74, 6) is 0.725. The van der Waals surface area contributed by atoms with Crippen molar-refractivity contribution in [1.29, 1.82) is 5.26 Å². The monoisotopic (exact) mass is 516 g/mol. The fourth-order valence-electron chi connectivity index (χ4n) is 5.80. The van der Waals surface area contributed by atoms with Gasteiger partial charge in [-0.3, -0.25) is 9.78 Å². The van der Waals surface area contributed by atoms with E-state index >= 15 is 0 Å². The summed E-state index contributed by atoms with van der Waals surface area (Å²) < 4.78 is 6.22. The van der Waals surface area contributed by atoms with Crippen LogP contribution < -0.4 is 14.5 Å². The number of nitriles is 1. The van der Waals surface area contributed by atoms with Crippen molar-refractivity contribution in [2.24, 2.45) is 0 Å². The molecule has 0 spiro atoms. The summed E-state index contributed by atoms with van der Waals surface area (Å²) in [6, 6.07) is 4.81. The molecule has 200 valence electrons. The van der Waals surface area contributed by atoms with Gasteiger partial charge in [0.2, 0.25) is 5.91 Å². The van der Waals surface area contributed by atoms with E-state index < -0.39 is 0 Å². The number of amides is 1. The van der Waals surface area contributed by atoms with Crippen LogP contribution in [-0.2, 0) is 17.8 Å². The van der Waals surface area contributed by atoms with E-state index in [0.717, 1.165) is 48.7 Å². The third kappa shape index (κ3) is 5.29. The van der Waals surface area contributed by atoms with E-state index in [2.05, 4.69) is 46.3 Å². The zero-order chi connectivity index (χ0) is 26.6. The number of piperazine rings is 1. The molecule has 2 aromatic heterocycles. The summed E-state index contributed by atoms with van der Waals surface area (Å²) in [5.41, 5.74) is 4.37. The number of likely N-dealkylation sites (N-methyl/N-ethyl adjacent to an activating group) is 1. The van der Waals surface area contributed by atoms with Crippen LogP contribution in [0.1, 0.15) is 36.1 Å². The molecule has 0 aromatic carbocycles. The first-order chi connectivity index (χ1) is 18.5. The topological polar surface area (TPSA) is 102 Å². The Bertz CT molecular complexity index is 1230.